The average molecular weight is 363 g/mol. The molecule has 0 unspecified atom stereocenters. The highest BCUT2D eigenvalue weighted by atomic mass is 19.3. The molecule has 136 valence electrons. The molecule has 0 saturated heterocycles. The number of nitrogens with zero attached hydrogens (tertiary/aromatic N) is 5. The fraction of sp³-hybridized carbons (Fsp3) is 0.294. The Hall–Kier alpha value is -2.81. The summed E-state index contributed by atoms with van der Waals surface area (Å²) in [7, 11) is 0. The standard InChI is InChI=1S/C17H16F3N5O/c1-11-3-6-15(21-8-11)17(19,20)16(26,9-25-10-22-23-24-25)14-5-4-13(18)7-12(14)2/h3-8,10,26H,9H2,1-2H3/t16-/m0/s1. The third kappa shape index (κ3) is 3.05. The summed E-state index contributed by atoms with van der Waals surface area (Å²) in [6.45, 7) is 2.52. The molecule has 3 rings (SSSR count). The predicted molar refractivity (Wildman–Crippen MR) is 85.7 cm³/mol. The van der Waals surface area contributed by atoms with Gasteiger partial charge in [0, 0.05) is 6.20 Å². The fourth-order valence-electron chi connectivity index (χ4n) is 2.80. The lowest BCUT2D eigenvalue weighted by atomic mass is 9.82. The van der Waals surface area contributed by atoms with E-state index >= 15 is 8.78 Å². The van der Waals surface area contributed by atoms with Crippen LogP contribution in [0.4, 0.5) is 13.2 Å². The lowest BCUT2D eigenvalue weighted by Crippen LogP contribution is -2.47. The highest BCUT2D eigenvalue weighted by molar-refractivity contribution is 5.36. The van der Waals surface area contributed by atoms with Crippen molar-refractivity contribution < 1.29 is 18.3 Å². The summed E-state index contributed by atoms with van der Waals surface area (Å²) in [5.41, 5.74) is -2.62. The molecule has 26 heavy (non-hydrogen) atoms. The summed E-state index contributed by atoms with van der Waals surface area (Å²) in [5, 5.41) is 21.5. The average Bonchev–Trinajstić information content (AvgIpc) is 3.07. The number of hydrogen-bond acceptors (Lipinski definition) is 5. The first kappa shape index (κ1) is 18.0. The van der Waals surface area contributed by atoms with Gasteiger partial charge in [0.15, 0.2) is 5.60 Å². The van der Waals surface area contributed by atoms with Gasteiger partial charge in [-0.2, -0.15) is 8.78 Å². The number of pyridine rings is 1. The highest BCUT2D eigenvalue weighted by Gasteiger charge is 2.57. The van der Waals surface area contributed by atoms with E-state index in [2.05, 4.69) is 20.5 Å². The minimum Gasteiger partial charge on any atom is -0.377 e. The van der Waals surface area contributed by atoms with Gasteiger partial charge in [-0.25, -0.2) is 9.07 Å². The molecule has 1 aromatic carbocycles. The molecule has 2 aromatic heterocycles. The first-order valence-electron chi connectivity index (χ1n) is 7.75. The van der Waals surface area contributed by atoms with Crippen molar-refractivity contribution in [2.24, 2.45) is 0 Å². The van der Waals surface area contributed by atoms with Crippen molar-refractivity contribution in [2.75, 3.05) is 0 Å². The van der Waals surface area contributed by atoms with E-state index in [0.717, 1.165) is 35.3 Å². The van der Waals surface area contributed by atoms with Crippen molar-refractivity contribution in [1.82, 2.24) is 25.2 Å². The van der Waals surface area contributed by atoms with E-state index in [1.54, 1.807) is 6.92 Å². The number of aliphatic hydroxyl groups is 1. The Bertz CT molecular complexity index is 899. The summed E-state index contributed by atoms with van der Waals surface area (Å²) in [6, 6.07) is 5.87. The number of hydrogen-bond donors (Lipinski definition) is 1. The molecule has 0 spiro atoms. The Morgan fingerprint density at radius 2 is 1.92 bits per heavy atom. The van der Waals surface area contributed by atoms with E-state index in [1.165, 1.54) is 19.2 Å². The largest absolute Gasteiger partial charge is 0.377 e. The van der Waals surface area contributed by atoms with E-state index in [1.807, 2.05) is 0 Å². The molecule has 0 aliphatic carbocycles. The van der Waals surface area contributed by atoms with Gasteiger partial charge >= 0.3 is 5.92 Å². The number of aryl methyl sites for hydroxylation is 2. The molecule has 3 aromatic rings. The maximum Gasteiger partial charge on any atom is 0.323 e. The predicted octanol–water partition coefficient (Wildman–Crippen LogP) is 2.50. The van der Waals surface area contributed by atoms with Crippen LogP contribution in [0.25, 0.3) is 0 Å². The van der Waals surface area contributed by atoms with Crippen LogP contribution in [0.5, 0.6) is 0 Å². The Morgan fingerprint density at radius 1 is 1.15 bits per heavy atom. The van der Waals surface area contributed by atoms with Gasteiger partial charge in [-0.1, -0.05) is 12.1 Å². The number of alkyl halides is 2. The second-order valence-corrected chi connectivity index (χ2v) is 6.12. The number of halogens is 3. The summed E-state index contributed by atoms with van der Waals surface area (Å²) >= 11 is 0. The van der Waals surface area contributed by atoms with Gasteiger partial charge in [0.1, 0.15) is 17.8 Å². The molecule has 0 saturated carbocycles. The van der Waals surface area contributed by atoms with Gasteiger partial charge < -0.3 is 5.11 Å². The highest BCUT2D eigenvalue weighted by Crippen LogP contribution is 2.46. The van der Waals surface area contributed by atoms with Gasteiger partial charge in [0.05, 0.1) is 6.54 Å². The van der Waals surface area contributed by atoms with E-state index in [4.69, 9.17) is 0 Å². The molecule has 0 bridgehead atoms. The molecule has 2 heterocycles. The molecule has 1 atom stereocenters. The SMILES string of the molecule is Cc1ccc(C(F)(F)[C@](O)(Cn2cnnn2)c2ccc(F)cc2C)nc1. The molecule has 6 nitrogen and oxygen atoms in total. The molecular formula is C17H16F3N5O. The number of tetrazole rings is 1. The molecule has 0 radical (unpaired) electrons. The summed E-state index contributed by atoms with van der Waals surface area (Å²) < 4.78 is 45.3. The lowest BCUT2D eigenvalue weighted by molar-refractivity contribution is -0.206. The minimum absolute atomic E-state index is 0.137. The fourth-order valence-corrected chi connectivity index (χ4v) is 2.80. The van der Waals surface area contributed by atoms with Crippen LogP contribution >= 0.6 is 0 Å². The summed E-state index contributed by atoms with van der Waals surface area (Å²) in [5.74, 6) is -4.39. The zero-order valence-electron chi connectivity index (χ0n) is 14.1. The molecule has 0 fully saturated rings. The van der Waals surface area contributed by atoms with E-state index < -0.39 is 29.6 Å². The molecular weight excluding hydrogens is 347 g/mol. The summed E-state index contributed by atoms with van der Waals surface area (Å²) in [4.78, 5) is 3.77. The Balaban J connectivity index is 2.17. The number of benzene rings is 1. The minimum atomic E-state index is -3.80. The van der Waals surface area contributed by atoms with Gasteiger partial charge in [-0.05, 0) is 59.2 Å². The van der Waals surface area contributed by atoms with Crippen molar-refractivity contribution in [3.63, 3.8) is 0 Å². The van der Waals surface area contributed by atoms with Crippen LogP contribution < -0.4 is 0 Å². The zero-order chi connectivity index (χ0) is 18.9. The van der Waals surface area contributed by atoms with E-state index in [9.17, 15) is 9.50 Å². The Labute approximate surface area is 147 Å². The molecule has 0 aliphatic rings. The van der Waals surface area contributed by atoms with Gasteiger partial charge in [-0.15, -0.1) is 5.10 Å². The van der Waals surface area contributed by atoms with Crippen molar-refractivity contribution in [3.8, 4) is 0 Å². The van der Waals surface area contributed by atoms with Crippen LogP contribution in [0.1, 0.15) is 22.4 Å². The van der Waals surface area contributed by atoms with Crippen LogP contribution in [0.2, 0.25) is 0 Å². The van der Waals surface area contributed by atoms with Gasteiger partial charge in [0.2, 0.25) is 0 Å². The van der Waals surface area contributed by atoms with E-state index in [0.29, 0.717) is 5.56 Å². The van der Waals surface area contributed by atoms with Crippen molar-refractivity contribution >= 4 is 0 Å². The first-order chi connectivity index (χ1) is 12.2. The van der Waals surface area contributed by atoms with Crippen LogP contribution in [-0.4, -0.2) is 30.3 Å². The van der Waals surface area contributed by atoms with Crippen molar-refractivity contribution in [1.29, 1.82) is 0 Å². The topological polar surface area (TPSA) is 76.7 Å². The Kier molecular flexibility index (Phi) is 4.49. The first-order valence-corrected chi connectivity index (χ1v) is 7.75. The van der Waals surface area contributed by atoms with Crippen LogP contribution in [0, 0.1) is 19.7 Å². The number of rotatable bonds is 5. The maximum atomic E-state index is 15.4. The smallest absolute Gasteiger partial charge is 0.323 e. The lowest BCUT2D eigenvalue weighted by Gasteiger charge is -2.36. The Morgan fingerprint density at radius 3 is 2.50 bits per heavy atom. The monoisotopic (exact) mass is 363 g/mol. The molecule has 0 aliphatic heterocycles. The molecule has 1 N–H and O–H groups in total. The second kappa shape index (κ2) is 6.49. The summed E-state index contributed by atoms with van der Waals surface area (Å²) in [6.07, 6.45) is 2.40. The maximum absolute atomic E-state index is 15.4. The number of aromatic nitrogens is 5. The zero-order valence-corrected chi connectivity index (χ0v) is 14.1. The van der Waals surface area contributed by atoms with Gasteiger partial charge in [0.25, 0.3) is 0 Å². The molecule has 9 heteroatoms. The third-order valence-corrected chi connectivity index (χ3v) is 4.17. The van der Waals surface area contributed by atoms with Gasteiger partial charge in [-0.3, -0.25) is 4.98 Å². The molecule has 0 amide bonds. The third-order valence-electron chi connectivity index (χ3n) is 4.17. The normalized spacial score (nSPS) is 14.2. The van der Waals surface area contributed by atoms with E-state index in [-0.39, 0.29) is 11.1 Å². The van der Waals surface area contributed by atoms with Crippen LogP contribution in [-0.2, 0) is 18.1 Å². The van der Waals surface area contributed by atoms with Crippen molar-refractivity contribution in [3.05, 3.63) is 71.1 Å². The van der Waals surface area contributed by atoms with Crippen LogP contribution in [0.15, 0.2) is 42.9 Å². The van der Waals surface area contributed by atoms with Crippen molar-refractivity contribution in [2.45, 2.75) is 31.9 Å². The second-order valence-electron chi connectivity index (χ2n) is 6.12. The van der Waals surface area contributed by atoms with Crippen LogP contribution in [0.3, 0.4) is 0 Å². The quantitative estimate of drug-likeness (QED) is 0.754.